The van der Waals surface area contributed by atoms with Crippen LogP contribution in [0.4, 0.5) is 0 Å². The zero-order chi connectivity index (χ0) is 15.6. The molecule has 0 rings (SSSR count). The number of methoxy groups -OCH3 is 1. The van der Waals surface area contributed by atoms with Crippen LogP contribution in [0.2, 0.25) is 0 Å². The highest BCUT2D eigenvalue weighted by atomic mass is 31.2. The van der Waals surface area contributed by atoms with Crippen LogP contribution in [0.5, 0.6) is 0 Å². The Morgan fingerprint density at radius 3 is 2.10 bits per heavy atom. The smallest absolute Gasteiger partial charge is 0.356 e. The predicted octanol–water partition coefficient (Wildman–Crippen LogP) is 3.18. The molecule has 0 aromatic heterocycles. The summed E-state index contributed by atoms with van der Waals surface area (Å²) in [6.45, 7) is 11.3. The van der Waals surface area contributed by atoms with Gasteiger partial charge in [0.05, 0.1) is 24.9 Å². The molecule has 0 saturated heterocycles. The van der Waals surface area contributed by atoms with Crippen LogP contribution in [0, 0.1) is 0 Å². The molecule has 0 saturated carbocycles. The van der Waals surface area contributed by atoms with E-state index >= 15 is 0 Å². The molecule has 7 heteroatoms. The zero-order valence-electron chi connectivity index (χ0n) is 13.0. The largest absolute Gasteiger partial charge is 0.359 e. The van der Waals surface area contributed by atoms with Crippen molar-refractivity contribution >= 4 is 7.60 Å². The van der Waals surface area contributed by atoms with Crippen LogP contribution in [-0.2, 0) is 27.8 Å². The molecule has 0 bridgehead atoms. The van der Waals surface area contributed by atoms with Crippen LogP contribution < -0.4 is 0 Å². The molecule has 0 N–H and O–H groups in total. The highest BCUT2D eigenvalue weighted by Gasteiger charge is 2.29. The lowest BCUT2D eigenvalue weighted by atomic mass is 10.4. The first kappa shape index (κ1) is 19.8. The van der Waals surface area contributed by atoms with Crippen molar-refractivity contribution in [3.05, 3.63) is 12.7 Å². The van der Waals surface area contributed by atoms with Gasteiger partial charge in [0.1, 0.15) is 13.1 Å². The van der Waals surface area contributed by atoms with Crippen LogP contribution >= 0.6 is 7.60 Å². The Morgan fingerprint density at radius 1 is 1.15 bits per heavy atom. The molecular weight excluding hydrogens is 283 g/mol. The van der Waals surface area contributed by atoms with E-state index in [1.165, 1.54) is 7.11 Å². The average Bonchev–Trinajstić information content (AvgIpc) is 2.31. The summed E-state index contributed by atoms with van der Waals surface area (Å²) in [5.74, 6) is 0. The van der Waals surface area contributed by atoms with E-state index in [0.717, 1.165) is 0 Å². The van der Waals surface area contributed by atoms with Crippen LogP contribution in [-0.4, -0.2) is 45.2 Å². The van der Waals surface area contributed by atoms with E-state index in [9.17, 15) is 4.57 Å². The van der Waals surface area contributed by atoms with E-state index in [1.54, 1.807) is 33.8 Å². The lowest BCUT2D eigenvalue weighted by Gasteiger charge is -2.24. The van der Waals surface area contributed by atoms with Crippen molar-refractivity contribution in [2.75, 3.05) is 26.9 Å². The normalized spacial score (nSPS) is 13.9. The Hall–Kier alpha value is -0.230. The highest BCUT2D eigenvalue weighted by Crippen LogP contribution is 2.50. The predicted molar refractivity (Wildman–Crippen MR) is 77.8 cm³/mol. The molecule has 0 aromatic rings. The van der Waals surface area contributed by atoms with Crippen molar-refractivity contribution in [2.45, 2.75) is 46.0 Å². The van der Waals surface area contributed by atoms with E-state index in [-0.39, 0.29) is 32.0 Å². The Morgan fingerprint density at radius 2 is 1.70 bits per heavy atom. The van der Waals surface area contributed by atoms with Gasteiger partial charge in [0, 0.05) is 7.11 Å². The van der Waals surface area contributed by atoms with Crippen molar-refractivity contribution in [1.29, 1.82) is 0 Å². The van der Waals surface area contributed by atoms with E-state index in [4.69, 9.17) is 23.3 Å². The summed E-state index contributed by atoms with van der Waals surface area (Å²) in [7, 11) is -1.76. The number of ether oxygens (including phenoxy) is 3. The van der Waals surface area contributed by atoms with Gasteiger partial charge in [-0.05, 0) is 27.7 Å². The van der Waals surface area contributed by atoms with Crippen molar-refractivity contribution in [3.8, 4) is 0 Å². The van der Waals surface area contributed by atoms with Gasteiger partial charge in [-0.3, -0.25) is 4.57 Å². The molecule has 0 aliphatic carbocycles. The SMILES string of the molecule is C=C[C@@H](COCOC)OCP(=O)(OC(C)C)OC(C)C. The quantitative estimate of drug-likeness (QED) is 0.239. The molecule has 0 heterocycles. The van der Waals surface area contributed by atoms with Gasteiger partial charge < -0.3 is 23.3 Å². The first-order chi connectivity index (χ1) is 9.33. The third kappa shape index (κ3) is 9.64. The van der Waals surface area contributed by atoms with E-state index in [1.807, 2.05) is 0 Å². The molecule has 0 radical (unpaired) electrons. The van der Waals surface area contributed by atoms with Crippen LogP contribution in [0.15, 0.2) is 12.7 Å². The van der Waals surface area contributed by atoms with Gasteiger partial charge in [-0.25, -0.2) is 0 Å². The minimum Gasteiger partial charge on any atom is -0.359 e. The third-order valence-electron chi connectivity index (χ3n) is 1.94. The molecule has 0 aromatic carbocycles. The topological polar surface area (TPSA) is 63.2 Å². The fourth-order valence-corrected chi connectivity index (χ4v) is 3.18. The Labute approximate surface area is 121 Å². The molecule has 0 spiro atoms. The van der Waals surface area contributed by atoms with Crippen molar-refractivity contribution in [2.24, 2.45) is 0 Å². The second kappa shape index (κ2) is 10.5. The lowest BCUT2D eigenvalue weighted by Crippen LogP contribution is -2.20. The van der Waals surface area contributed by atoms with Gasteiger partial charge >= 0.3 is 7.60 Å². The van der Waals surface area contributed by atoms with Crippen molar-refractivity contribution in [3.63, 3.8) is 0 Å². The van der Waals surface area contributed by atoms with Crippen molar-refractivity contribution < 1.29 is 27.8 Å². The second-order valence-electron chi connectivity index (χ2n) is 4.77. The fraction of sp³-hybridized carbons (Fsp3) is 0.846. The third-order valence-corrected chi connectivity index (χ3v) is 3.89. The maximum atomic E-state index is 12.5. The Balaban J connectivity index is 4.41. The second-order valence-corrected chi connectivity index (χ2v) is 6.67. The van der Waals surface area contributed by atoms with Gasteiger partial charge in [0.2, 0.25) is 0 Å². The molecule has 0 amide bonds. The minimum atomic E-state index is -3.29. The summed E-state index contributed by atoms with van der Waals surface area (Å²) in [5, 5.41) is 0. The summed E-state index contributed by atoms with van der Waals surface area (Å²) >= 11 is 0. The highest BCUT2D eigenvalue weighted by molar-refractivity contribution is 7.53. The molecule has 0 fully saturated rings. The fourth-order valence-electron chi connectivity index (χ4n) is 1.35. The molecular formula is C13H27O6P. The first-order valence-electron chi connectivity index (χ1n) is 6.59. The molecule has 20 heavy (non-hydrogen) atoms. The molecule has 120 valence electrons. The number of hydrogen-bond donors (Lipinski definition) is 0. The maximum absolute atomic E-state index is 12.5. The number of hydrogen-bond acceptors (Lipinski definition) is 6. The summed E-state index contributed by atoms with van der Waals surface area (Å²) in [6, 6.07) is 0. The van der Waals surface area contributed by atoms with Gasteiger partial charge in [-0.2, -0.15) is 0 Å². The molecule has 0 aliphatic heterocycles. The molecule has 0 unspecified atom stereocenters. The van der Waals surface area contributed by atoms with Gasteiger partial charge in [0.25, 0.3) is 0 Å². The average molecular weight is 310 g/mol. The summed E-state index contributed by atoms with van der Waals surface area (Å²) in [4.78, 5) is 0. The summed E-state index contributed by atoms with van der Waals surface area (Å²) in [6.07, 6.45) is 0.608. The monoisotopic (exact) mass is 310 g/mol. The number of rotatable bonds is 12. The van der Waals surface area contributed by atoms with E-state index in [2.05, 4.69) is 6.58 Å². The molecule has 1 atom stereocenters. The van der Waals surface area contributed by atoms with Gasteiger partial charge in [0.15, 0.2) is 0 Å². The van der Waals surface area contributed by atoms with Crippen LogP contribution in [0.3, 0.4) is 0 Å². The van der Waals surface area contributed by atoms with E-state index in [0.29, 0.717) is 0 Å². The van der Waals surface area contributed by atoms with Crippen molar-refractivity contribution in [1.82, 2.24) is 0 Å². The summed E-state index contributed by atoms with van der Waals surface area (Å²) in [5.41, 5.74) is 0. The first-order valence-corrected chi connectivity index (χ1v) is 8.32. The van der Waals surface area contributed by atoms with Crippen LogP contribution in [0.1, 0.15) is 27.7 Å². The van der Waals surface area contributed by atoms with E-state index < -0.39 is 13.7 Å². The van der Waals surface area contributed by atoms with Gasteiger partial charge in [-0.15, -0.1) is 6.58 Å². The summed E-state index contributed by atoms with van der Waals surface area (Å²) < 4.78 is 38.7. The Bertz CT molecular complexity index is 291. The standard InChI is InChI=1S/C13H27O6P/c1-7-13(8-16-9-15-6)17-10-20(14,18-11(2)3)19-12(4)5/h7,11-13H,1,8-10H2,2-6H3/t13-/m0/s1. The molecule has 0 aliphatic rings. The molecule has 6 nitrogen and oxygen atoms in total. The lowest BCUT2D eigenvalue weighted by molar-refractivity contribution is -0.0639. The van der Waals surface area contributed by atoms with Crippen LogP contribution in [0.25, 0.3) is 0 Å². The zero-order valence-corrected chi connectivity index (χ0v) is 13.9. The minimum absolute atomic E-state index is 0.142. The Kier molecular flexibility index (Phi) is 10.4. The maximum Gasteiger partial charge on any atom is 0.356 e. The van der Waals surface area contributed by atoms with Gasteiger partial charge in [-0.1, -0.05) is 6.08 Å².